The smallest absolute Gasteiger partial charge is 0.411 e. The highest BCUT2D eigenvalue weighted by Crippen LogP contribution is 2.21. The van der Waals surface area contributed by atoms with Gasteiger partial charge in [0, 0.05) is 11.7 Å². The number of anilines is 1. The molecule has 5 nitrogen and oxygen atoms in total. The van der Waals surface area contributed by atoms with E-state index in [0.29, 0.717) is 24.1 Å². The molecule has 1 aliphatic carbocycles. The van der Waals surface area contributed by atoms with E-state index in [1.165, 1.54) is 0 Å². The first kappa shape index (κ1) is 11.4. The fourth-order valence-corrected chi connectivity index (χ4v) is 1.67. The minimum absolute atomic E-state index is 0.0795. The molecule has 0 aliphatic heterocycles. The first-order valence-electron chi connectivity index (χ1n) is 5.41. The Balaban J connectivity index is 1.87. The Morgan fingerprint density at radius 1 is 1.53 bits per heavy atom. The zero-order valence-electron chi connectivity index (χ0n) is 9.22. The van der Waals surface area contributed by atoms with Gasteiger partial charge in [0.1, 0.15) is 6.10 Å². The van der Waals surface area contributed by atoms with Gasteiger partial charge in [-0.05, 0) is 31.0 Å². The summed E-state index contributed by atoms with van der Waals surface area (Å²) in [6.45, 7) is 0. The molecule has 0 radical (unpaired) electrons. The number of carbonyl (C=O) groups is 1. The van der Waals surface area contributed by atoms with Crippen LogP contribution in [0.15, 0.2) is 24.3 Å². The molecule has 0 atom stereocenters. The lowest BCUT2D eigenvalue weighted by atomic mass is 9.90. The van der Waals surface area contributed by atoms with Gasteiger partial charge in [-0.1, -0.05) is 6.07 Å². The Labute approximate surface area is 99.2 Å². The minimum atomic E-state index is -0.503. The van der Waals surface area contributed by atoms with Gasteiger partial charge in [-0.25, -0.2) is 4.79 Å². The van der Waals surface area contributed by atoms with E-state index >= 15 is 0 Å². The maximum atomic E-state index is 11.5. The maximum Gasteiger partial charge on any atom is 0.411 e. The molecule has 1 saturated carbocycles. The monoisotopic (exact) mass is 231 g/mol. The number of nitrogens with one attached hydrogen (secondary N) is 1. The van der Waals surface area contributed by atoms with E-state index < -0.39 is 6.09 Å². The average molecular weight is 231 g/mol. The fourth-order valence-electron chi connectivity index (χ4n) is 1.67. The van der Waals surface area contributed by atoms with Crippen molar-refractivity contribution in [3.63, 3.8) is 0 Å². The summed E-state index contributed by atoms with van der Waals surface area (Å²) in [5.74, 6) is 0. The van der Waals surface area contributed by atoms with E-state index in [4.69, 9.17) is 15.7 Å². The molecule has 1 aromatic rings. The van der Waals surface area contributed by atoms with Crippen molar-refractivity contribution in [2.24, 2.45) is 5.73 Å². The van der Waals surface area contributed by atoms with Crippen LogP contribution in [0, 0.1) is 11.3 Å². The lowest BCUT2D eigenvalue weighted by Gasteiger charge is -2.31. The number of hydrogen-bond acceptors (Lipinski definition) is 4. The van der Waals surface area contributed by atoms with Crippen LogP contribution in [0.3, 0.4) is 0 Å². The second-order valence-electron chi connectivity index (χ2n) is 4.08. The Hall–Kier alpha value is -2.06. The van der Waals surface area contributed by atoms with Crippen molar-refractivity contribution in [3.05, 3.63) is 29.8 Å². The van der Waals surface area contributed by atoms with Gasteiger partial charge >= 0.3 is 6.09 Å². The summed E-state index contributed by atoms with van der Waals surface area (Å²) in [6.07, 6.45) is 0.846. The molecule has 1 aliphatic rings. The molecule has 1 aromatic carbocycles. The van der Waals surface area contributed by atoms with Gasteiger partial charge in [-0.3, -0.25) is 5.32 Å². The van der Waals surface area contributed by atoms with Crippen molar-refractivity contribution < 1.29 is 9.53 Å². The predicted octanol–water partition coefficient (Wildman–Crippen LogP) is 1.60. The van der Waals surface area contributed by atoms with Crippen molar-refractivity contribution in [2.75, 3.05) is 5.32 Å². The molecule has 0 saturated heterocycles. The van der Waals surface area contributed by atoms with Crippen LogP contribution in [0.2, 0.25) is 0 Å². The molecule has 0 bridgehead atoms. The van der Waals surface area contributed by atoms with E-state index in [0.717, 1.165) is 0 Å². The molecule has 0 heterocycles. The molecular formula is C12H13N3O2. The molecule has 0 spiro atoms. The number of amides is 1. The zero-order valence-corrected chi connectivity index (χ0v) is 9.22. The third-order valence-electron chi connectivity index (χ3n) is 2.64. The fraction of sp³-hybridized carbons (Fsp3) is 0.333. The van der Waals surface area contributed by atoms with Crippen LogP contribution in [0.4, 0.5) is 10.5 Å². The van der Waals surface area contributed by atoms with Crippen molar-refractivity contribution >= 4 is 11.8 Å². The first-order chi connectivity index (χ1) is 8.17. The van der Waals surface area contributed by atoms with Gasteiger partial charge < -0.3 is 10.5 Å². The highest BCUT2D eigenvalue weighted by molar-refractivity contribution is 5.85. The van der Waals surface area contributed by atoms with E-state index in [-0.39, 0.29) is 12.1 Å². The molecule has 0 unspecified atom stereocenters. The molecule has 2 rings (SSSR count). The summed E-state index contributed by atoms with van der Waals surface area (Å²) in [4.78, 5) is 11.5. The largest absolute Gasteiger partial charge is 0.446 e. The van der Waals surface area contributed by atoms with Crippen molar-refractivity contribution in [3.8, 4) is 6.07 Å². The Bertz CT molecular complexity index is 461. The topological polar surface area (TPSA) is 88.1 Å². The second-order valence-corrected chi connectivity index (χ2v) is 4.08. The molecule has 3 N–H and O–H groups in total. The Kier molecular flexibility index (Phi) is 3.26. The van der Waals surface area contributed by atoms with Gasteiger partial charge in [-0.15, -0.1) is 0 Å². The van der Waals surface area contributed by atoms with E-state index in [2.05, 4.69) is 5.32 Å². The number of rotatable bonds is 2. The molecule has 1 fully saturated rings. The van der Waals surface area contributed by atoms with E-state index in [9.17, 15) is 4.79 Å². The van der Waals surface area contributed by atoms with Gasteiger partial charge in [0.25, 0.3) is 0 Å². The molecular weight excluding hydrogens is 218 g/mol. The van der Waals surface area contributed by atoms with Crippen molar-refractivity contribution in [2.45, 2.75) is 25.0 Å². The summed E-state index contributed by atoms with van der Waals surface area (Å²) >= 11 is 0. The summed E-state index contributed by atoms with van der Waals surface area (Å²) < 4.78 is 5.12. The Morgan fingerprint density at radius 2 is 2.29 bits per heavy atom. The Morgan fingerprint density at radius 3 is 2.94 bits per heavy atom. The van der Waals surface area contributed by atoms with Gasteiger partial charge in [0.2, 0.25) is 0 Å². The summed E-state index contributed by atoms with van der Waals surface area (Å²) in [5, 5.41) is 11.3. The molecule has 17 heavy (non-hydrogen) atoms. The number of ether oxygens (including phenoxy) is 1. The number of carbonyl (C=O) groups excluding carboxylic acids is 1. The normalized spacial score (nSPS) is 22.1. The van der Waals surface area contributed by atoms with E-state index in [1.54, 1.807) is 24.3 Å². The van der Waals surface area contributed by atoms with E-state index in [1.807, 2.05) is 6.07 Å². The third-order valence-corrected chi connectivity index (χ3v) is 2.64. The highest BCUT2D eigenvalue weighted by Gasteiger charge is 2.29. The van der Waals surface area contributed by atoms with Gasteiger partial charge in [0.05, 0.1) is 11.6 Å². The predicted molar refractivity (Wildman–Crippen MR) is 62.3 cm³/mol. The molecule has 0 aromatic heterocycles. The van der Waals surface area contributed by atoms with Gasteiger partial charge in [0.15, 0.2) is 0 Å². The SMILES string of the molecule is N#Cc1cccc(NC(=O)OC2CC(N)C2)c1. The number of nitrogens with two attached hydrogens (primary N) is 1. The van der Waals surface area contributed by atoms with Crippen LogP contribution >= 0.6 is 0 Å². The lowest BCUT2D eigenvalue weighted by molar-refractivity contribution is 0.0503. The van der Waals surface area contributed by atoms with Crippen molar-refractivity contribution in [1.82, 2.24) is 0 Å². The molecule has 5 heteroatoms. The molecule has 88 valence electrons. The lowest BCUT2D eigenvalue weighted by Crippen LogP contribution is -2.43. The van der Waals surface area contributed by atoms with Crippen LogP contribution in [0.25, 0.3) is 0 Å². The summed E-state index contributed by atoms with van der Waals surface area (Å²) in [6, 6.07) is 8.81. The number of nitrogens with zero attached hydrogens (tertiary/aromatic N) is 1. The van der Waals surface area contributed by atoms with Crippen LogP contribution in [0.5, 0.6) is 0 Å². The average Bonchev–Trinajstić information content (AvgIpc) is 2.27. The zero-order chi connectivity index (χ0) is 12.3. The van der Waals surface area contributed by atoms with Gasteiger partial charge in [-0.2, -0.15) is 5.26 Å². The third kappa shape index (κ3) is 2.95. The van der Waals surface area contributed by atoms with Crippen LogP contribution in [-0.4, -0.2) is 18.2 Å². The summed E-state index contributed by atoms with van der Waals surface area (Å²) in [5.41, 5.74) is 6.63. The number of benzene rings is 1. The van der Waals surface area contributed by atoms with Crippen molar-refractivity contribution in [1.29, 1.82) is 5.26 Å². The van der Waals surface area contributed by atoms with Crippen LogP contribution < -0.4 is 11.1 Å². The van der Waals surface area contributed by atoms with Crippen LogP contribution in [-0.2, 0) is 4.74 Å². The second kappa shape index (κ2) is 4.85. The number of hydrogen-bond donors (Lipinski definition) is 2. The van der Waals surface area contributed by atoms with Crippen LogP contribution in [0.1, 0.15) is 18.4 Å². The number of nitriles is 1. The standard InChI is InChI=1S/C12H13N3O2/c13-7-8-2-1-3-10(4-8)15-12(16)17-11-5-9(14)6-11/h1-4,9,11H,5-6,14H2,(H,15,16). The summed E-state index contributed by atoms with van der Waals surface area (Å²) in [7, 11) is 0. The quantitative estimate of drug-likeness (QED) is 0.809. The first-order valence-corrected chi connectivity index (χ1v) is 5.41. The molecule has 1 amide bonds. The highest BCUT2D eigenvalue weighted by atomic mass is 16.6. The minimum Gasteiger partial charge on any atom is -0.446 e. The maximum absolute atomic E-state index is 11.5.